The van der Waals surface area contributed by atoms with Gasteiger partial charge in [0.15, 0.2) is 6.04 Å². The van der Waals surface area contributed by atoms with Crippen LogP contribution in [-0.4, -0.2) is 40.7 Å². The number of carbonyl (C=O) groups excluding carboxylic acids is 4. The van der Waals surface area contributed by atoms with E-state index in [4.69, 9.17) is 11.6 Å². The summed E-state index contributed by atoms with van der Waals surface area (Å²) in [4.78, 5) is 50.1. The van der Waals surface area contributed by atoms with Crippen LogP contribution in [0, 0.1) is 5.82 Å². The van der Waals surface area contributed by atoms with Gasteiger partial charge in [-0.1, -0.05) is 17.7 Å². The van der Waals surface area contributed by atoms with E-state index in [1.807, 2.05) is 0 Å². The third kappa shape index (κ3) is 4.35. The minimum absolute atomic E-state index is 0.0572. The number of amides is 4. The van der Waals surface area contributed by atoms with Crippen molar-refractivity contribution in [1.82, 2.24) is 15.5 Å². The van der Waals surface area contributed by atoms with E-state index in [1.54, 1.807) is 5.32 Å². The van der Waals surface area contributed by atoms with Gasteiger partial charge in [0.05, 0.1) is 0 Å². The van der Waals surface area contributed by atoms with Crippen molar-refractivity contribution in [1.29, 1.82) is 0 Å². The maximum Gasteiger partial charge on any atom is 0.413 e. The summed E-state index contributed by atoms with van der Waals surface area (Å²) in [5.41, 5.74) is -0.593. The molecular weight excluding hydrogens is 482 g/mol. The minimum Gasteiger partial charge on any atom is -0.337 e. The summed E-state index contributed by atoms with van der Waals surface area (Å²) >= 11 is 5.78. The Balaban J connectivity index is 1.58. The predicted molar refractivity (Wildman–Crippen MR) is 110 cm³/mol. The Bertz CT molecular complexity index is 1200. The maximum atomic E-state index is 14.1. The Morgan fingerprint density at radius 1 is 1.18 bits per heavy atom. The Morgan fingerprint density at radius 3 is 2.56 bits per heavy atom. The molecule has 2 aromatic rings. The number of nitrogens with zero attached hydrogens (tertiary/aromatic N) is 1. The Labute approximate surface area is 195 Å². The lowest BCUT2D eigenvalue weighted by Crippen LogP contribution is -2.52. The quantitative estimate of drug-likeness (QED) is 0.500. The first-order valence-corrected chi connectivity index (χ1v) is 10.4. The number of hydrogen-bond donors (Lipinski definition) is 2. The molecule has 1 unspecified atom stereocenters. The first-order valence-electron chi connectivity index (χ1n) is 10.1. The maximum absolute atomic E-state index is 14.1. The van der Waals surface area contributed by atoms with Crippen LogP contribution in [0.1, 0.15) is 50.7 Å². The van der Waals surface area contributed by atoms with Gasteiger partial charge >= 0.3 is 6.18 Å². The molecule has 1 saturated heterocycles. The van der Waals surface area contributed by atoms with Crippen LogP contribution in [0.3, 0.4) is 0 Å². The third-order valence-electron chi connectivity index (χ3n) is 5.68. The predicted octanol–water partition coefficient (Wildman–Crippen LogP) is 3.27. The second-order valence-electron chi connectivity index (χ2n) is 7.86. The molecule has 12 heteroatoms. The van der Waals surface area contributed by atoms with Crippen LogP contribution in [0.2, 0.25) is 5.02 Å². The standard InChI is InChI=1S/C22H16ClF4N3O4/c23-13-2-1-3-14(24)17(13)18(22(25,26)27)29-19(32)10-4-5-12-11(8-10)9-30(21(12)34)15-6-7-16(31)28-20(15)33/h1-5,8,15,18H,6-7,9H2,(H,29,32)(H,28,31,33)/t15?,18-/m1/s1. The van der Waals surface area contributed by atoms with Crippen molar-refractivity contribution in [3.05, 3.63) is 69.5 Å². The second kappa shape index (κ2) is 8.71. The fraction of sp³-hybridized carbons (Fsp3) is 0.273. The number of nitrogens with one attached hydrogen (secondary N) is 2. The van der Waals surface area contributed by atoms with Gasteiger partial charge in [-0.05, 0) is 42.3 Å². The zero-order valence-electron chi connectivity index (χ0n) is 17.2. The van der Waals surface area contributed by atoms with E-state index in [9.17, 15) is 36.7 Å². The number of imide groups is 1. The normalized spacial score (nSPS) is 19.0. The summed E-state index contributed by atoms with van der Waals surface area (Å²) in [5.74, 6) is -3.95. The molecule has 2 atom stereocenters. The number of rotatable bonds is 4. The molecule has 2 aromatic carbocycles. The SMILES string of the molecule is O=C1CCC(N2Cc3cc(C(=O)N[C@H](c4c(F)cccc4Cl)C(F)(F)F)ccc3C2=O)C(=O)N1. The summed E-state index contributed by atoms with van der Waals surface area (Å²) in [6, 6.07) is 3.11. The van der Waals surface area contributed by atoms with Crippen molar-refractivity contribution in [3.8, 4) is 0 Å². The molecule has 2 N–H and O–H groups in total. The molecular formula is C22H16ClF4N3O4. The largest absolute Gasteiger partial charge is 0.413 e. The van der Waals surface area contributed by atoms with Gasteiger partial charge in [-0.2, -0.15) is 13.2 Å². The van der Waals surface area contributed by atoms with Crippen molar-refractivity contribution in [3.63, 3.8) is 0 Å². The lowest BCUT2D eigenvalue weighted by atomic mass is 10.0. The highest BCUT2D eigenvalue weighted by molar-refractivity contribution is 6.31. The summed E-state index contributed by atoms with van der Waals surface area (Å²) in [7, 11) is 0. The monoisotopic (exact) mass is 497 g/mol. The van der Waals surface area contributed by atoms with E-state index < -0.39 is 58.3 Å². The van der Waals surface area contributed by atoms with E-state index in [2.05, 4.69) is 5.32 Å². The summed E-state index contributed by atoms with van der Waals surface area (Å²) in [6.07, 6.45) is -4.85. The van der Waals surface area contributed by atoms with Crippen molar-refractivity contribution >= 4 is 35.2 Å². The molecule has 0 spiro atoms. The highest BCUT2D eigenvalue weighted by Crippen LogP contribution is 2.38. The van der Waals surface area contributed by atoms with Crippen LogP contribution in [0.25, 0.3) is 0 Å². The highest BCUT2D eigenvalue weighted by atomic mass is 35.5. The zero-order chi connectivity index (χ0) is 24.8. The van der Waals surface area contributed by atoms with Gasteiger partial charge in [-0.15, -0.1) is 0 Å². The topological polar surface area (TPSA) is 95.6 Å². The molecule has 0 aliphatic carbocycles. The van der Waals surface area contributed by atoms with E-state index >= 15 is 0 Å². The van der Waals surface area contributed by atoms with E-state index in [-0.39, 0.29) is 30.5 Å². The van der Waals surface area contributed by atoms with Crippen LogP contribution in [-0.2, 0) is 16.1 Å². The van der Waals surface area contributed by atoms with Gasteiger partial charge in [0, 0.05) is 34.7 Å². The molecule has 4 rings (SSSR count). The van der Waals surface area contributed by atoms with Crippen molar-refractivity contribution < 1.29 is 36.7 Å². The van der Waals surface area contributed by atoms with Crippen LogP contribution >= 0.6 is 11.6 Å². The van der Waals surface area contributed by atoms with Gasteiger partial charge in [0.1, 0.15) is 11.9 Å². The van der Waals surface area contributed by atoms with Crippen LogP contribution in [0.5, 0.6) is 0 Å². The summed E-state index contributed by atoms with van der Waals surface area (Å²) < 4.78 is 55.2. The van der Waals surface area contributed by atoms with Crippen LogP contribution in [0.4, 0.5) is 17.6 Å². The second-order valence-corrected chi connectivity index (χ2v) is 8.26. The minimum atomic E-state index is -5.04. The van der Waals surface area contributed by atoms with E-state index in [0.717, 1.165) is 24.3 Å². The number of piperidine rings is 1. The van der Waals surface area contributed by atoms with Gasteiger partial charge in [-0.3, -0.25) is 24.5 Å². The molecule has 7 nitrogen and oxygen atoms in total. The molecule has 34 heavy (non-hydrogen) atoms. The average Bonchev–Trinajstić information content (AvgIpc) is 3.07. The molecule has 1 fully saturated rings. The molecule has 0 aromatic heterocycles. The van der Waals surface area contributed by atoms with Gasteiger partial charge in [-0.25, -0.2) is 4.39 Å². The Hall–Kier alpha value is -3.47. The fourth-order valence-electron chi connectivity index (χ4n) is 4.03. The van der Waals surface area contributed by atoms with Crippen LogP contribution < -0.4 is 10.6 Å². The Morgan fingerprint density at radius 2 is 1.91 bits per heavy atom. The number of halogens is 5. The van der Waals surface area contributed by atoms with Crippen LogP contribution in [0.15, 0.2) is 36.4 Å². The zero-order valence-corrected chi connectivity index (χ0v) is 18.0. The lowest BCUT2D eigenvalue weighted by Gasteiger charge is -2.29. The van der Waals surface area contributed by atoms with Gasteiger partial charge in [0.2, 0.25) is 11.8 Å². The molecule has 4 amide bonds. The lowest BCUT2D eigenvalue weighted by molar-refractivity contribution is -0.155. The number of benzene rings is 2. The molecule has 178 valence electrons. The number of carbonyl (C=O) groups is 4. The smallest absolute Gasteiger partial charge is 0.337 e. The van der Waals surface area contributed by atoms with E-state index in [0.29, 0.717) is 5.56 Å². The number of hydrogen-bond acceptors (Lipinski definition) is 4. The van der Waals surface area contributed by atoms with Gasteiger partial charge in [0.25, 0.3) is 11.8 Å². The molecule has 2 aliphatic rings. The van der Waals surface area contributed by atoms with Crippen molar-refractivity contribution in [2.24, 2.45) is 0 Å². The third-order valence-corrected chi connectivity index (χ3v) is 6.01. The number of alkyl halides is 3. The number of fused-ring (bicyclic) bond motifs is 1. The van der Waals surface area contributed by atoms with Gasteiger partial charge < -0.3 is 10.2 Å². The Kier molecular flexibility index (Phi) is 6.07. The highest BCUT2D eigenvalue weighted by Gasteiger charge is 2.45. The molecule has 0 bridgehead atoms. The summed E-state index contributed by atoms with van der Waals surface area (Å²) in [5, 5.41) is 3.43. The van der Waals surface area contributed by atoms with Crippen molar-refractivity contribution in [2.75, 3.05) is 0 Å². The summed E-state index contributed by atoms with van der Waals surface area (Å²) in [6.45, 7) is -0.0661. The molecule has 0 saturated carbocycles. The fourth-order valence-corrected chi connectivity index (χ4v) is 4.31. The first kappa shape index (κ1) is 23.7. The molecule has 0 radical (unpaired) electrons. The molecule has 2 aliphatic heterocycles. The first-order chi connectivity index (χ1) is 16.0. The van der Waals surface area contributed by atoms with Crippen molar-refractivity contribution in [2.45, 2.75) is 37.6 Å². The van der Waals surface area contributed by atoms with E-state index in [1.165, 1.54) is 17.0 Å². The average molecular weight is 498 g/mol. The molecule has 2 heterocycles.